The van der Waals surface area contributed by atoms with E-state index in [9.17, 15) is 13.2 Å². The zero-order valence-electron chi connectivity index (χ0n) is 12.5. The minimum absolute atomic E-state index is 0.0245. The van der Waals surface area contributed by atoms with Crippen molar-refractivity contribution in [3.05, 3.63) is 35.4 Å². The van der Waals surface area contributed by atoms with E-state index in [-0.39, 0.29) is 5.56 Å². The van der Waals surface area contributed by atoms with E-state index in [1.54, 1.807) is 0 Å². The molecule has 0 spiro atoms. The molecule has 1 fully saturated rings. The van der Waals surface area contributed by atoms with E-state index in [0.717, 1.165) is 6.07 Å². The third kappa shape index (κ3) is 2.95. The highest BCUT2D eigenvalue weighted by Crippen LogP contribution is 2.41. The molecule has 1 saturated heterocycles. The Morgan fingerprint density at radius 2 is 1.52 bits per heavy atom. The van der Waals surface area contributed by atoms with Gasteiger partial charge in [-0.25, -0.2) is 0 Å². The van der Waals surface area contributed by atoms with Crippen LogP contribution in [0.5, 0.6) is 0 Å². The lowest BCUT2D eigenvalue weighted by atomic mass is 9.73. The van der Waals surface area contributed by atoms with Gasteiger partial charge in [0, 0.05) is 0 Å². The summed E-state index contributed by atoms with van der Waals surface area (Å²) in [6, 6.07) is 5.23. The van der Waals surface area contributed by atoms with Gasteiger partial charge >= 0.3 is 13.3 Å². The Kier molecular flexibility index (Phi) is 3.89. The van der Waals surface area contributed by atoms with E-state index in [1.165, 1.54) is 18.2 Å². The molecule has 0 aliphatic carbocycles. The second-order valence-corrected chi connectivity index (χ2v) is 6.24. The zero-order valence-corrected chi connectivity index (χ0v) is 12.5. The Labute approximate surface area is 122 Å². The topological polar surface area (TPSA) is 44.5 Å². The van der Waals surface area contributed by atoms with Crippen molar-refractivity contribution in [2.45, 2.75) is 51.0 Å². The first-order valence-corrected chi connectivity index (χ1v) is 6.73. The molecule has 1 heterocycles. The first kappa shape index (κ1) is 16.3. The average molecular weight is 301 g/mol. The van der Waals surface area contributed by atoms with Crippen molar-refractivity contribution in [2.75, 3.05) is 0 Å². The molecule has 0 saturated carbocycles. The van der Waals surface area contributed by atoms with Gasteiger partial charge in [0.1, 0.15) is 0 Å². The van der Waals surface area contributed by atoms with Crippen LogP contribution in [0.15, 0.2) is 24.3 Å². The number of nitrogens with two attached hydrogens (primary N) is 1. The summed E-state index contributed by atoms with van der Waals surface area (Å²) in [6.07, 6.45) is -4.46. The molecule has 1 aromatic rings. The van der Waals surface area contributed by atoms with Gasteiger partial charge < -0.3 is 15.0 Å². The van der Waals surface area contributed by atoms with Gasteiger partial charge in [-0.1, -0.05) is 18.2 Å². The molecule has 0 aromatic heterocycles. The Bertz CT molecular complexity index is 515. The molecular weight excluding hydrogens is 282 g/mol. The highest BCUT2D eigenvalue weighted by atomic mass is 19.4. The zero-order chi connectivity index (χ0) is 16.1. The van der Waals surface area contributed by atoms with Crippen LogP contribution < -0.4 is 5.73 Å². The summed E-state index contributed by atoms with van der Waals surface area (Å²) in [5.41, 5.74) is 3.94. The molecule has 0 radical (unpaired) electrons. The lowest BCUT2D eigenvalue weighted by molar-refractivity contribution is -0.138. The van der Waals surface area contributed by atoms with E-state index in [0.29, 0.717) is 0 Å². The number of rotatable bonds is 2. The Morgan fingerprint density at radius 1 is 1.05 bits per heavy atom. The summed E-state index contributed by atoms with van der Waals surface area (Å²) in [7, 11) is -0.918. The number of alkyl halides is 3. The summed E-state index contributed by atoms with van der Waals surface area (Å²) in [6.45, 7) is 7.32. The summed E-state index contributed by atoms with van der Waals surface area (Å²) in [5.74, 6) is -1.01. The Morgan fingerprint density at radius 3 is 2.00 bits per heavy atom. The molecular formula is C14H19BF3NO2. The SMILES string of the molecule is CC1(C)OB([C@H](N)c2ccccc2C(F)(F)F)OC1(C)C. The fourth-order valence-corrected chi connectivity index (χ4v) is 2.23. The van der Waals surface area contributed by atoms with Crippen LogP contribution in [0.1, 0.15) is 44.8 Å². The minimum atomic E-state index is -4.46. The molecule has 1 aliphatic rings. The second kappa shape index (κ2) is 5.00. The predicted molar refractivity (Wildman–Crippen MR) is 74.5 cm³/mol. The maximum absolute atomic E-state index is 13.1. The van der Waals surface area contributed by atoms with Crippen LogP contribution in [0.2, 0.25) is 0 Å². The molecule has 1 aliphatic heterocycles. The van der Waals surface area contributed by atoms with E-state index in [2.05, 4.69) is 0 Å². The average Bonchev–Trinajstić information content (AvgIpc) is 2.56. The first-order chi connectivity index (χ1) is 9.46. The Balaban J connectivity index is 2.33. The highest BCUT2D eigenvalue weighted by Gasteiger charge is 2.54. The largest absolute Gasteiger partial charge is 0.480 e. The van der Waals surface area contributed by atoms with Crippen LogP contribution in [-0.4, -0.2) is 18.3 Å². The number of halogens is 3. The van der Waals surface area contributed by atoms with Crippen LogP contribution in [0.4, 0.5) is 13.2 Å². The van der Waals surface area contributed by atoms with Gasteiger partial charge in [-0.2, -0.15) is 13.2 Å². The first-order valence-electron chi connectivity index (χ1n) is 6.73. The number of hydrogen-bond acceptors (Lipinski definition) is 3. The van der Waals surface area contributed by atoms with E-state index in [4.69, 9.17) is 15.0 Å². The monoisotopic (exact) mass is 301 g/mol. The standard InChI is InChI=1S/C14H19BF3NO2/c1-12(2)13(3,4)21-15(20-12)11(19)9-7-5-6-8-10(9)14(16,17)18/h5-8,11H,19H2,1-4H3/t11-/m1/s1. The number of hydrogen-bond donors (Lipinski definition) is 1. The van der Waals surface area contributed by atoms with Gasteiger partial charge in [0.2, 0.25) is 0 Å². The summed E-state index contributed by atoms with van der Waals surface area (Å²) >= 11 is 0. The van der Waals surface area contributed by atoms with Gasteiger partial charge in [-0.15, -0.1) is 0 Å². The minimum Gasteiger partial charge on any atom is -0.402 e. The maximum atomic E-state index is 13.1. The van der Waals surface area contributed by atoms with Crippen molar-refractivity contribution in [3.63, 3.8) is 0 Å². The van der Waals surface area contributed by atoms with Crippen LogP contribution >= 0.6 is 0 Å². The van der Waals surface area contributed by atoms with Gasteiger partial charge in [-0.05, 0) is 39.3 Å². The van der Waals surface area contributed by atoms with Crippen molar-refractivity contribution in [1.29, 1.82) is 0 Å². The quantitative estimate of drug-likeness (QED) is 0.852. The van der Waals surface area contributed by atoms with E-state index in [1.807, 2.05) is 27.7 Å². The molecule has 2 rings (SSSR count). The molecule has 3 nitrogen and oxygen atoms in total. The molecule has 0 unspecified atom stereocenters. The molecule has 0 bridgehead atoms. The molecule has 2 N–H and O–H groups in total. The van der Waals surface area contributed by atoms with Crippen LogP contribution in [0, 0.1) is 0 Å². The fraction of sp³-hybridized carbons (Fsp3) is 0.571. The van der Waals surface area contributed by atoms with Crippen molar-refractivity contribution >= 4 is 7.12 Å². The third-order valence-corrected chi connectivity index (χ3v) is 4.19. The smallest absolute Gasteiger partial charge is 0.402 e. The molecule has 1 aromatic carbocycles. The van der Waals surface area contributed by atoms with E-state index < -0.39 is 36.0 Å². The normalized spacial score (nSPS) is 22.4. The van der Waals surface area contributed by atoms with Gasteiger partial charge in [0.25, 0.3) is 0 Å². The van der Waals surface area contributed by atoms with Gasteiger partial charge in [0.15, 0.2) is 0 Å². The summed E-state index contributed by atoms with van der Waals surface area (Å²) in [4.78, 5) is 0. The Hall–Kier alpha value is -1.05. The number of benzene rings is 1. The predicted octanol–water partition coefficient (Wildman–Crippen LogP) is 3.34. The van der Waals surface area contributed by atoms with Gasteiger partial charge in [0.05, 0.1) is 22.7 Å². The molecule has 116 valence electrons. The van der Waals surface area contributed by atoms with Crippen LogP contribution in [0.25, 0.3) is 0 Å². The van der Waals surface area contributed by atoms with Crippen molar-refractivity contribution in [1.82, 2.24) is 0 Å². The molecule has 21 heavy (non-hydrogen) atoms. The van der Waals surface area contributed by atoms with Gasteiger partial charge in [-0.3, -0.25) is 0 Å². The highest BCUT2D eigenvalue weighted by molar-refractivity contribution is 6.47. The lowest BCUT2D eigenvalue weighted by Crippen LogP contribution is -2.41. The van der Waals surface area contributed by atoms with Crippen molar-refractivity contribution < 1.29 is 22.5 Å². The molecule has 1 atom stereocenters. The van der Waals surface area contributed by atoms with Crippen LogP contribution in [0.3, 0.4) is 0 Å². The fourth-order valence-electron chi connectivity index (χ4n) is 2.23. The van der Waals surface area contributed by atoms with Crippen LogP contribution in [-0.2, 0) is 15.5 Å². The van der Waals surface area contributed by atoms with E-state index >= 15 is 0 Å². The second-order valence-electron chi connectivity index (χ2n) is 6.24. The summed E-state index contributed by atoms with van der Waals surface area (Å²) in [5, 5.41) is 0. The molecule has 0 amide bonds. The van der Waals surface area contributed by atoms with Crippen molar-refractivity contribution in [3.8, 4) is 0 Å². The molecule has 7 heteroatoms. The third-order valence-electron chi connectivity index (χ3n) is 4.19. The summed E-state index contributed by atoms with van der Waals surface area (Å²) < 4.78 is 50.7. The maximum Gasteiger partial charge on any atom is 0.480 e. The lowest BCUT2D eigenvalue weighted by Gasteiger charge is -2.32. The van der Waals surface area contributed by atoms with Crippen molar-refractivity contribution in [2.24, 2.45) is 5.73 Å².